The van der Waals surface area contributed by atoms with Crippen LogP contribution in [0.15, 0.2) is 6.20 Å². The van der Waals surface area contributed by atoms with E-state index < -0.39 is 6.08 Å². The molecule has 0 saturated heterocycles. The first-order chi connectivity index (χ1) is 6.59. The summed E-state index contributed by atoms with van der Waals surface area (Å²) in [5, 5.41) is 4.75. The van der Waals surface area contributed by atoms with Crippen LogP contribution in [0.25, 0.3) is 11.0 Å². The fourth-order valence-electron chi connectivity index (χ4n) is 1.32. The molecule has 74 valence electrons. The van der Waals surface area contributed by atoms with E-state index in [1.165, 1.54) is 4.68 Å². The van der Waals surface area contributed by atoms with Gasteiger partial charge in [0.2, 0.25) is 0 Å². The van der Waals surface area contributed by atoms with Crippen LogP contribution in [0.3, 0.4) is 0 Å². The second kappa shape index (κ2) is 2.90. The summed E-state index contributed by atoms with van der Waals surface area (Å²) in [6.07, 6.45) is 0.897. The maximum atomic E-state index is 13.0. The molecule has 0 amide bonds. The zero-order chi connectivity index (χ0) is 10.3. The van der Waals surface area contributed by atoms with Crippen LogP contribution in [0, 0.1) is 6.08 Å². The highest BCUT2D eigenvalue weighted by molar-refractivity contribution is 5.86. The molecule has 0 aromatic carbocycles. The second-order valence-electron chi connectivity index (χ2n) is 3.22. The van der Waals surface area contributed by atoms with Gasteiger partial charge in [-0.1, -0.05) is 0 Å². The molecule has 2 aromatic heterocycles. The number of halogens is 1. The first-order valence-corrected chi connectivity index (χ1v) is 4.12. The standard InChI is InChI=1S/C8H10FN5/c1-13(2)6-5-4-10-14(3)7(5)12-8(9)11-6/h4H,1-3H3. The summed E-state index contributed by atoms with van der Waals surface area (Å²) in [6, 6.07) is 0. The van der Waals surface area contributed by atoms with Gasteiger partial charge in [-0.05, 0) is 0 Å². The Balaban J connectivity index is 2.82. The van der Waals surface area contributed by atoms with Crippen LogP contribution in [-0.4, -0.2) is 33.8 Å². The van der Waals surface area contributed by atoms with Crippen molar-refractivity contribution in [1.29, 1.82) is 0 Å². The van der Waals surface area contributed by atoms with E-state index in [1.54, 1.807) is 32.2 Å². The molecule has 14 heavy (non-hydrogen) atoms. The number of fused-ring (bicyclic) bond motifs is 1. The number of hydrogen-bond donors (Lipinski definition) is 0. The lowest BCUT2D eigenvalue weighted by Gasteiger charge is -2.11. The van der Waals surface area contributed by atoms with Gasteiger partial charge in [0, 0.05) is 21.1 Å². The van der Waals surface area contributed by atoms with Crippen molar-refractivity contribution in [2.45, 2.75) is 0 Å². The Hall–Kier alpha value is -1.72. The van der Waals surface area contributed by atoms with Crippen LogP contribution in [0.2, 0.25) is 0 Å². The Labute approximate surface area is 80.2 Å². The Morgan fingerprint density at radius 1 is 1.36 bits per heavy atom. The predicted octanol–water partition coefficient (Wildman–Crippen LogP) is 0.568. The summed E-state index contributed by atoms with van der Waals surface area (Å²) in [5.41, 5.74) is 0.501. The lowest BCUT2D eigenvalue weighted by Crippen LogP contribution is -2.12. The SMILES string of the molecule is CN(C)c1nc(F)nc2c1cnn2C. The van der Waals surface area contributed by atoms with Crippen LogP contribution < -0.4 is 4.90 Å². The number of aromatic nitrogens is 4. The minimum absolute atomic E-state index is 0.501. The van der Waals surface area contributed by atoms with Crippen LogP contribution in [0.1, 0.15) is 0 Å². The smallest absolute Gasteiger partial charge is 0.312 e. The molecule has 2 aromatic rings. The zero-order valence-electron chi connectivity index (χ0n) is 8.19. The Bertz CT molecular complexity index is 476. The van der Waals surface area contributed by atoms with Crippen molar-refractivity contribution in [2.24, 2.45) is 7.05 Å². The summed E-state index contributed by atoms with van der Waals surface area (Å²) in [5.74, 6) is 0.542. The lowest BCUT2D eigenvalue weighted by atomic mass is 10.4. The first kappa shape index (κ1) is 8.86. The van der Waals surface area contributed by atoms with Crippen molar-refractivity contribution in [2.75, 3.05) is 19.0 Å². The normalized spacial score (nSPS) is 10.9. The van der Waals surface area contributed by atoms with E-state index in [2.05, 4.69) is 15.1 Å². The van der Waals surface area contributed by atoms with Crippen molar-refractivity contribution in [1.82, 2.24) is 19.7 Å². The summed E-state index contributed by atoms with van der Waals surface area (Å²) in [6.45, 7) is 0. The second-order valence-corrected chi connectivity index (χ2v) is 3.22. The third-order valence-corrected chi connectivity index (χ3v) is 1.97. The number of nitrogens with zero attached hydrogens (tertiary/aromatic N) is 5. The third kappa shape index (κ3) is 1.19. The van der Waals surface area contributed by atoms with E-state index in [0.29, 0.717) is 11.5 Å². The van der Waals surface area contributed by atoms with E-state index in [0.717, 1.165) is 5.39 Å². The summed E-state index contributed by atoms with van der Waals surface area (Å²) in [4.78, 5) is 9.11. The number of aryl methyl sites for hydroxylation is 1. The molecule has 0 N–H and O–H groups in total. The molecule has 0 fully saturated rings. The van der Waals surface area contributed by atoms with Gasteiger partial charge in [0.05, 0.1) is 11.6 Å². The van der Waals surface area contributed by atoms with Crippen molar-refractivity contribution >= 4 is 16.9 Å². The van der Waals surface area contributed by atoms with Crippen LogP contribution >= 0.6 is 0 Å². The molecule has 0 bridgehead atoms. The molecule has 0 aliphatic carbocycles. The van der Waals surface area contributed by atoms with Gasteiger partial charge in [0.25, 0.3) is 0 Å². The Morgan fingerprint density at radius 3 is 2.71 bits per heavy atom. The van der Waals surface area contributed by atoms with Crippen LogP contribution in [0.4, 0.5) is 10.2 Å². The average Bonchev–Trinajstić information content (AvgIpc) is 2.47. The molecule has 0 unspecified atom stereocenters. The monoisotopic (exact) mass is 195 g/mol. The largest absolute Gasteiger partial charge is 0.362 e. The number of rotatable bonds is 1. The van der Waals surface area contributed by atoms with Gasteiger partial charge in [-0.3, -0.25) is 4.68 Å². The van der Waals surface area contributed by atoms with Gasteiger partial charge in [0.15, 0.2) is 5.65 Å². The highest BCUT2D eigenvalue weighted by Gasteiger charge is 2.12. The van der Waals surface area contributed by atoms with Gasteiger partial charge in [-0.15, -0.1) is 0 Å². The van der Waals surface area contributed by atoms with Crippen molar-refractivity contribution in [3.63, 3.8) is 0 Å². The zero-order valence-corrected chi connectivity index (χ0v) is 8.19. The third-order valence-electron chi connectivity index (χ3n) is 1.97. The maximum Gasteiger partial charge on any atom is 0.312 e. The van der Waals surface area contributed by atoms with E-state index in [-0.39, 0.29) is 0 Å². The van der Waals surface area contributed by atoms with Crippen molar-refractivity contribution in [3.8, 4) is 0 Å². The van der Waals surface area contributed by atoms with Crippen LogP contribution in [-0.2, 0) is 7.05 Å². The van der Waals surface area contributed by atoms with E-state index >= 15 is 0 Å². The Morgan fingerprint density at radius 2 is 2.07 bits per heavy atom. The molecular formula is C8H10FN5. The van der Waals surface area contributed by atoms with Gasteiger partial charge >= 0.3 is 6.08 Å². The molecule has 2 rings (SSSR count). The molecule has 0 atom stereocenters. The molecule has 2 heterocycles. The topological polar surface area (TPSA) is 46.8 Å². The molecule has 0 spiro atoms. The summed E-state index contributed by atoms with van der Waals surface area (Å²) in [7, 11) is 5.32. The van der Waals surface area contributed by atoms with Crippen LogP contribution in [0.5, 0.6) is 0 Å². The van der Waals surface area contributed by atoms with E-state index in [9.17, 15) is 4.39 Å². The highest BCUT2D eigenvalue weighted by atomic mass is 19.1. The fraction of sp³-hybridized carbons (Fsp3) is 0.375. The predicted molar refractivity (Wildman–Crippen MR) is 50.6 cm³/mol. The minimum atomic E-state index is -0.732. The summed E-state index contributed by atoms with van der Waals surface area (Å²) >= 11 is 0. The highest BCUT2D eigenvalue weighted by Crippen LogP contribution is 2.20. The average molecular weight is 195 g/mol. The number of anilines is 1. The van der Waals surface area contributed by atoms with Gasteiger partial charge < -0.3 is 4.90 Å². The molecule has 6 heteroatoms. The first-order valence-electron chi connectivity index (χ1n) is 4.12. The molecule has 0 aliphatic rings. The molecule has 0 aliphatic heterocycles. The summed E-state index contributed by atoms with van der Waals surface area (Å²) < 4.78 is 14.5. The lowest BCUT2D eigenvalue weighted by molar-refractivity contribution is 0.541. The molecule has 5 nitrogen and oxygen atoms in total. The molecule has 0 saturated carbocycles. The minimum Gasteiger partial charge on any atom is -0.362 e. The van der Waals surface area contributed by atoms with Gasteiger partial charge in [-0.25, -0.2) is 0 Å². The van der Waals surface area contributed by atoms with Crippen molar-refractivity contribution in [3.05, 3.63) is 12.3 Å². The molecule has 0 radical (unpaired) electrons. The fourth-order valence-corrected chi connectivity index (χ4v) is 1.32. The number of hydrogen-bond acceptors (Lipinski definition) is 4. The van der Waals surface area contributed by atoms with Crippen molar-refractivity contribution < 1.29 is 4.39 Å². The van der Waals surface area contributed by atoms with E-state index in [1.807, 2.05) is 0 Å². The van der Waals surface area contributed by atoms with Gasteiger partial charge in [0.1, 0.15) is 5.82 Å². The Kier molecular flexibility index (Phi) is 1.83. The quantitative estimate of drug-likeness (QED) is 0.624. The van der Waals surface area contributed by atoms with Gasteiger partial charge in [-0.2, -0.15) is 19.5 Å². The maximum absolute atomic E-state index is 13.0. The molecular weight excluding hydrogens is 185 g/mol. The van der Waals surface area contributed by atoms with E-state index in [4.69, 9.17) is 0 Å².